The Kier molecular flexibility index (Phi) is 5.44. The molecule has 0 amide bonds. The molecule has 3 rings (SSSR count). The molecule has 1 aromatic rings. The lowest BCUT2D eigenvalue weighted by molar-refractivity contribution is 0.0700. The summed E-state index contributed by atoms with van der Waals surface area (Å²) in [6, 6.07) is 8.61. The minimum absolute atomic E-state index is 0.458. The molecule has 7 heteroatoms. The van der Waals surface area contributed by atoms with Gasteiger partial charge in [-0.25, -0.2) is 0 Å². The van der Waals surface area contributed by atoms with Gasteiger partial charge in [0.05, 0.1) is 13.2 Å². The highest BCUT2D eigenvalue weighted by atomic mass is 32.2. The summed E-state index contributed by atoms with van der Waals surface area (Å²) >= 11 is 0. The van der Waals surface area contributed by atoms with E-state index in [1.165, 1.54) is 11.3 Å². The molecule has 0 radical (unpaired) electrons. The standard InChI is InChI=1S/C17H27N3O3S/c1-15(2)16-3-5-17(6-4-16)18-7-9-19(10-8-18)24(21,22)20-11-13-23-14-12-20/h3-6,15H,7-14H2,1-2H3. The molecule has 2 aliphatic heterocycles. The van der Waals surface area contributed by atoms with Gasteiger partial charge in [0.25, 0.3) is 10.2 Å². The lowest BCUT2D eigenvalue weighted by Crippen LogP contribution is -2.55. The average Bonchev–Trinajstić information content (AvgIpc) is 2.62. The number of nitrogens with zero attached hydrogens (tertiary/aromatic N) is 3. The summed E-state index contributed by atoms with van der Waals surface area (Å²) in [7, 11) is -3.35. The van der Waals surface area contributed by atoms with Crippen LogP contribution in [0, 0.1) is 0 Å². The van der Waals surface area contributed by atoms with Crippen molar-refractivity contribution in [1.29, 1.82) is 0 Å². The van der Waals surface area contributed by atoms with Crippen molar-refractivity contribution in [1.82, 2.24) is 8.61 Å². The zero-order valence-electron chi connectivity index (χ0n) is 14.5. The van der Waals surface area contributed by atoms with E-state index >= 15 is 0 Å². The Morgan fingerprint density at radius 2 is 1.42 bits per heavy atom. The maximum Gasteiger partial charge on any atom is 0.282 e. The minimum Gasteiger partial charge on any atom is -0.379 e. The number of piperazine rings is 1. The van der Waals surface area contributed by atoms with Crippen LogP contribution in [-0.2, 0) is 14.9 Å². The van der Waals surface area contributed by atoms with E-state index in [0.29, 0.717) is 45.3 Å². The summed E-state index contributed by atoms with van der Waals surface area (Å²) in [6.07, 6.45) is 0. The summed E-state index contributed by atoms with van der Waals surface area (Å²) in [6.45, 7) is 8.78. The van der Waals surface area contributed by atoms with Gasteiger partial charge in [0.2, 0.25) is 0 Å². The first-order chi connectivity index (χ1) is 11.5. The van der Waals surface area contributed by atoms with E-state index in [1.54, 1.807) is 8.61 Å². The van der Waals surface area contributed by atoms with Crippen LogP contribution < -0.4 is 4.90 Å². The Morgan fingerprint density at radius 1 is 0.875 bits per heavy atom. The van der Waals surface area contributed by atoms with Crippen LogP contribution in [0.3, 0.4) is 0 Å². The van der Waals surface area contributed by atoms with Gasteiger partial charge in [-0.2, -0.15) is 17.0 Å². The van der Waals surface area contributed by atoms with Crippen molar-refractivity contribution in [3.05, 3.63) is 29.8 Å². The number of benzene rings is 1. The topological polar surface area (TPSA) is 53.1 Å². The fourth-order valence-corrected chi connectivity index (χ4v) is 4.75. The first-order valence-electron chi connectivity index (χ1n) is 8.66. The molecule has 6 nitrogen and oxygen atoms in total. The molecule has 0 spiro atoms. The van der Waals surface area contributed by atoms with E-state index in [-0.39, 0.29) is 0 Å². The molecule has 0 aromatic heterocycles. The van der Waals surface area contributed by atoms with Crippen LogP contribution in [0.2, 0.25) is 0 Å². The highest BCUT2D eigenvalue weighted by molar-refractivity contribution is 7.86. The third-order valence-electron chi connectivity index (χ3n) is 4.79. The van der Waals surface area contributed by atoms with Gasteiger partial charge in [-0.1, -0.05) is 26.0 Å². The lowest BCUT2D eigenvalue weighted by Gasteiger charge is -2.38. The molecule has 1 aromatic carbocycles. The molecule has 0 saturated carbocycles. The van der Waals surface area contributed by atoms with Gasteiger partial charge >= 0.3 is 0 Å². The number of ether oxygens (including phenoxy) is 1. The summed E-state index contributed by atoms with van der Waals surface area (Å²) in [5.41, 5.74) is 2.50. The smallest absolute Gasteiger partial charge is 0.282 e. The third kappa shape index (κ3) is 3.74. The third-order valence-corrected chi connectivity index (χ3v) is 6.82. The normalized spacial score (nSPS) is 21.4. The fourth-order valence-electron chi connectivity index (χ4n) is 3.19. The van der Waals surface area contributed by atoms with Crippen molar-refractivity contribution in [2.75, 3.05) is 57.4 Å². The Morgan fingerprint density at radius 3 is 1.96 bits per heavy atom. The van der Waals surface area contributed by atoms with E-state index in [2.05, 4.69) is 43.0 Å². The molecule has 24 heavy (non-hydrogen) atoms. The number of anilines is 1. The van der Waals surface area contributed by atoms with Crippen molar-refractivity contribution in [2.45, 2.75) is 19.8 Å². The van der Waals surface area contributed by atoms with Gasteiger partial charge < -0.3 is 9.64 Å². The van der Waals surface area contributed by atoms with Crippen LogP contribution in [-0.4, -0.2) is 69.5 Å². The molecule has 2 aliphatic rings. The average molecular weight is 353 g/mol. The zero-order valence-corrected chi connectivity index (χ0v) is 15.3. The largest absolute Gasteiger partial charge is 0.379 e. The quantitative estimate of drug-likeness (QED) is 0.823. The van der Waals surface area contributed by atoms with Crippen molar-refractivity contribution in [3.8, 4) is 0 Å². The van der Waals surface area contributed by atoms with E-state index in [0.717, 1.165) is 13.1 Å². The summed E-state index contributed by atoms with van der Waals surface area (Å²) in [5, 5.41) is 0. The van der Waals surface area contributed by atoms with E-state index in [4.69, 9.17) is 4.74 Å². The van der Waals surface area contributed by atoms with Crippen LogP contribution in [0.15, 0.2) is 24.3 Å². The van der Waals surface area contributed by atoms with Gasteiger partial charge in [0.1, 0.15) is 0 Å². The molecular formula is C17H27N3O3S. The van der Waals surface area contributed by atoms with E-state index in [9.17, 15) is 8.42 Å². The summed E-state index contributed by atoms with van der Waals surface area (Å²) in [5.74, 6) is 0.523. The van der Waals surface area contributed by atoms with Gasteiger partial charge in [0, 0.05) is 45.0 Å². The predicted octanol–water partition coefficient (Wildman–Crippen LogP) is 1.51. The van der Waals surface area contributed by atoms with Crippen LogP contribution >= 0.6 is 0 Å². The Labute approximate surface area is 145 Å². The summed E-state index contributed by atoms with van der Waals surface area (Å²) in [4.78, 5) is 2.26. The van der Waals surface area contributed by atoms with E-state index in [1.807, 2.05) is 0 Å². The number of hydrogen-bond acceptors (Lipinski definition) is 4. The number of rotatable bonds is 4. The molecular weight excluding hydrogens is 326 g/mol. The molecule has 0 bridgehead atoms. The molecule has 0 aliphatic carbocycles. The van der Waals surface area contributed by atoms with Gasteiger partial charge in [-0.3, -0.25) is 0 Å². The fraction of sp³-hybridized carbons (Fsp3) is 0.647. The van der Waals surface area contributed by atoms with Crippen molar-refractivity contribution in [2.24, 2.45) is 0 Å². The van der Waals surface area contributed by atoms with Crippen molar-refractivity contribution >= 4 is 15.9 Å². The Balaban J connectivity index is 1.60. The van der Waals surface area contributed by atoms with E-state index < -0.39 is 10.2 Å². The van der Waals surface area contributed by atoms with Gasteiger partial charge in [-0.05, 0) is 23.6 Å². The first-order valence-corrected chi connectivity index (χ1v) is 10.1. The highest BCUT2D eigenvalue weighted by Gasteiger charge is 2.33. The number of hydrogen-bond donors (Lipinski definition) is 0. The molecule has 0 N–H and O–H groups in total. The predicted molar refractivity (Wildman–Crippen MR) is 95.6 cm³/mol. The molecule has 0 atom stereocenters. The second kappa shape index (κ2) is 7.39. The van der Waals surface area contributed by atoms with Crippen molar-refractivity contribution in [3.63, 3.8) is 0 Å². The highest BCUT2D eigenvalue weighted by Crippen LogP contribution is 2.22. The Bertz CT molecular complexity index is 632. The molecule has 2 heterocycles. The maximum absolute atomic E-state index is 12.7. The molecule has 134 valence electrons. The second-order valence-electron chi connectivity index (χ2n) is 6.65. The number of morpholine rings is 1. The van der Waals surface area contributed by atoms with Crippen LogP contribution in [0.1, 0.15) is 25.3 Å². The van der Waals surface area contributed by atoms with Crippen molar-refractivity contribution < 1.29 is 13.2 Å². The minimum atomic E-state index is -3.35. The zero-order chi connectivity index (χ0) is 17.2. The lowest BCUT2D eigenvalue weighted by atomic mass is 10.0. The maximum atomic E-state index is 12.7. The molecule has 2 saturated heterocycles. The van der Waals surface area contributed by atoms with Crippen LogP contribution in [0.5, 0.6) is 0 Å². The van der Waals surface area contributed by atoms with Crippen LogP contribution in [0.25, 0.3) is 0 Å². The molecule has 0 unspecified atom stereocenters. The second-order valence-corrected chi connectivity index (χ2v) is 8.58. The van der Waals surface area contributed by atoms with Crippen LogP contribution in [0.4, 0.5) is 5.69 Å². The van der Waals surface area contributed by atoms with Gasteiger partial charge in [0.15, 0.2) is 0 Å². The first kappa shape index (κ1) is 17.7. The SMILES string of the molecule is CC(C)c1ccc(N2CCN(S(=O)(=O)N3CCOCC3)CC2)cc1. The monoisotopic (exact) mass is 353 g/mol. The summed E-state index contributed by atoms with van der Waals surface area (Å²) < 4.78 is 33.8. The molecule has 2 fully saturated rings. The van der Waals surface area contributed by atoms with Gasteiger partial charge in [-0.15, -0.1) is 0 Å². The Hall–Kier alpha value is -1.15.